The van der Waals surface area contributed by atoms with Gasteiger partial charge in [0.2, 0.25) is 5.91 Å². The quantitative estimate of drug-likeness (QED) is 0.799. The van der Waals surface area contributed by atoms with Crippen molar-refractivity contribution in [2.75, 3.05) is 37.2 Å². The Bertz CT molecular complexity index is 641. The molecule has 1 aromatic carbocycles. The number of rotatable bonds is 1. The van der Waals surface area contributed by atoms with Crippen LogP contribution >= 0.6 is 24.2 Å². The number of benzene rings is 1. The lowest BCUT2D eigenvalue weighted by atomic mass is 9.92. The first-order chi connectivity index (χ1) is 11.2. The largest absolute Gasteiger partial charge is 0.339 e. The molecule has 0 unspecified atom stereocenters. The van der Waals surface area contributed by atoms with Gasteiger partial charge in [0, 0.05) is 23.5 Å². The number of nitrogens with one attached hydrogen (secondary N) is 2. The van der Waals surface area contributed by atoms with Crippen LogP contribution in [0.4, 0.5) is 5.69 Å². The molecule has 3 aliphatic heterocycles. The summed E-state index contributed by atoms with van der Waals surface area (Å²) in [7, 11) is 0. The molecule has 5 nitrogen and oxygen atoms in total. The van der Waals surface area contributed by atoms with Crippen LogP contribution in [0.15, 0.2) is 23.1 Å². The number of halogens is 1. The number of likely N-dealkylation sites (tertiary alicyclic amines) is 1. The number of hydrogen-bond acceptors (Lipinski definition) is 4. The standard InChI is InChI=1S/C17H21N3O2S.ClH/c21-16-10-23-15-2-1-11(7-14(15)19-16)17(22)20-5-3-12-8-18-9-13(12)4-6-20;/h1-2,7,12-13,18H,3-6,8-10H2,(H,19,21);1H/t12-,13+;. The molecule has 2 atom stereocenters. The highest BCUT2D eigenvalue weighted by molar-refractivity contribution is 8.00. The molecule has 0 aliphatic carbocycles. The number of carbonyl (C=O) groups is 2. The minimum Gasteiger partial charge on any atom is -0.339 e. The number of amides is 2. The average Bonchev–Trinajstić information content (AvgIpc) is 2.92. The minimum absolute atomic E-state index is 0. The van der Waals surface area contributed by atoms with Crippen molar-refractivity contribution >= 4 is 41.7 Å². The summed E-state index contributed by atoms with van der Waals surface area (Å²) in [5, 5.41) is 6.32. The van der Waals surface area contributed by atoms with Crippen LogP contribution in [0.2, 0.25) is 0 Å². The van der Waals surface area contributed by atoms with Crippen molar-refractivity contribution in [2.45, 2.75) is 17.7 Å². The highest BCUT2D eigenvalue weighted by atomic mass is 35.5. The number of fused-ring (bicyclic) bond motifs is 2. The Labute approximate surface area is 152 Å². The van der Waals surface area contributed by atoms with Crippen molar-refractivity contribution < 1.29 is 9.59 Å². The van der Waals surface area contributed by atoms with Crippen molar-refractivity contribution in [1.29, 1.82) is 0 Å². The van der Waals surface area contributed by atoms with Crippen LogP contribution in [0, 0.1) is 11.8 Å². The van der Waals surface area contributed by atoms with Crippen LogP contribution in [0.25, 0.3) is 0 Å². The van der Waals surface area contributed by atoms with E-state index in [1.165, 1.54) is 11.8 Å². The summed E-state index contributed by atoms with van der Waals surface area (Å²) in [5.74, 6) is 1.97. The van der Waals surface area contributed by atoms with Crippen LogP contribution in [-0.4, -0.2) is 48.6 Å². The normalized spacial score (nSPS) is 25.8. The fourth-order valence-corrected chi connectivity index (χ4v) is 4.61. The Hall–Kier alpha value is -1.24. The number of carbonyl (C=O) groups excluding carboxylic acids is 2. The van der Waals surface area contributed by atoms with Gasteiger partial charge in [-0.3, -0.25) is 9.59 Å². The van der Waals surface area contributed by atoms with Crippen LogP contribution in [-0.2, 0) is 4.79 Å². The van der Waals surface area contributed by atoms with E-state index in [4.69, 9.17) is 0 Å². The monoisotopic (exact) mass is 367 g/mol. The van der Waals surface area contributed by atoms with Crippen LogP contribution in [0.1, 0.15) is 23.2 Å². The second-order valence-electron chi connectivity index (χ2n) is 6.60. The van der Waals surface area contributed by atoms with E-state index >= 15 is 0 Å². The summed E-state index contributed by atoms with van der Waals surface area (Å²) in [6.45, 7) is 3.85. The third-order valence-electron chi connectivity index (χ3n) is 5.17. The molecule has 3 aliphatic rings. The van der Waals surface area contributed by atoms with Crippen molar-refractivity contribution in [3.05, 3.63) is 23.8 Å². The first-order valence-corrected chi connectivity index (χ1v) is 9.26. The third-order valence-corrected chi connectivity index (χ3v) is 6.24. The zero-order valence-corrected chi connectivity index (χ0v) is 15.0. The van der Waals surface area contributed by atoms with Crippen LogP contribution in [0.5, 0.6) is 0 Å². The molecule has 4 rings (SSSR count). The first kappa shape index (κ1) is 17.6. The van der Waals surface area contributed by atoms with Crippen molar-refractivity contribution in [1.82, 2.24) is 10.2 Å². The van der Waals surface area contributed by atoms with E-state index in [9.17, 15) is 9.59 Å². The Morgan fingerprint density at radius 3 is 2.58 bits per heavy atom. The van der Waals surface area contributed by atoms with Crippen molar-refractivity contribution in [3.63, 3.8) is 0 Å². The molecular formula is C17H22ClN3O2S. The Kier molecular flexibility index (Phi) is 5.37. The number of thioether (sulfide) groups is 1. The van der Waals surface area contributed by atoms with E-state index in [0.717, 1.165) is 49.6 Å². The summed E-state index contributed by atoms with van der Waals surface area (Å²) in [6, 6.07) is 5.66. The van der Waals surface area contributed by atoms with Gasteiger partial charge in [-0.1, -0.05) is 0 Å². The predicted octanol–water partition coefficient (Wildman–Crippen LogP) is 2.22. The smallest absolute Gasteiger partial charge is 0.253 e. The van der Waals surface area contributed by atoms with Crippen LogP contribution < -0.4 is 10.6 Å². The maximum absolute atomic E-state index is 12.8. The average molecular weight is 368 g/mol. The lowest BCUT2D eigenvalue weighted by Gasteiger charge is -2.22. The number of hydrogen-bond donors (Lipinski definition) is 2. The van der Waals surface area contributed by atoms with E-state index in [1.807, 2.05) is 23.1 Å². The van der Waals surface area contributed by atoms with Crippen molar-refractivity contribution in [3.8, 4) is 0 Å². The second-order valence-corrected chi connectivity index (χ2v) is 7.61. The fraction of sp³-hybridized carbons (Fsp3) is 0.529. The maximum atomic E-state index is 12.8. The lowest BCUT2D eigenvalue weighted by Crippen LogP contribution is -2.33. The van der Waals surface area contributed by atoms with Gasteiger partial charge in [0.15, 0.2) is 0 Å². The molecule has 0 aromatic heterocycles. The highest BCUT2D eigenvalue weighted by Crippen LogP contribution is 2.33. The summed E-state index contributed by atoms with van der Waals surface area (Å²) >= 11 is 1.52. The predicted molar refractivity (Wildman–Crippen MR) is 98.0 cm³/mol. The molecule has 2 fully saturated rings. The minimum atomic E-state index is 0. The molecule has 2 saturated heterocycles. The third kappa shape index (κ3) is 3.41. The zero-order valence-electron chi connectivity index (χ0n) is 13.4. The van der Waals surface area contributed by atoms with E-state index in [0.29, 0.717) is 23.2 Å². The van der Waals surface area contributed by atoms with E-state index in [-0.39, 0.29) is 24.2 Å². The maximum Gasteiger partial charge on any atom is 0.253 e. The van der Waals surface area contributed by atoms with Crippen molar-refractivity contribution in [2.24, 2.45) is 11.8 Å². The first-order valence-electron chi connectivity index (χ1n) is 8.27. The topological polar surface area (TPSA) is 61.4 Å². The molecule has 0 spiro atoms. The van der Waals surface area contributed by atoms with Crippen LogP contribution in [0.3, 0.4) is 0 Å². The van der Waals surface area contributed by atoms with Gasteiger partial charge in [-0.05, 0) is 56.0 Å². The molecule has 2 N–H and O–H groups in total. The van der Waals surface area contributed by atoms with Gasteiger partial charge in [-0.2, -0.15) is 0 Å². The number of nitrogens with zero attached hydrogens (tertiary/aromatic N) is 1. The van der Waals surface area contributed by atoms with Gasteiger partial charge in [0.1, 0.15) is 0 Å². The van der Waals surface area contributed by atoms with Gasteiger partial charge in [0.05, 0.1) is 11.4 Å². The van der Waals surface area contributed by atoms with Gasteiger partial charge in [0.25, 0.3) is 5.91 Å². The van der Waals surface area contributed by atoms with E-state index < -0.39 is 0 Å². The SMILES string of the molecule is Cl.O=C1CSc2ccc(C(=O)N3CC[C@@H]4CNC[C@@H]4CC3)cc2N1. The molecule has 1 aromatic rings. The summed E-state index contributed by atoms with van der Waals surface area (Å²) in [5.41, 5.74) is 1.45. The number of anilines is 1. The zero-order chi connectivity index (χ0) is 15.8. The van der Waals surface area contributed by atoms with Gasteiger partial charge in [-0.25, -0.2) is 0 Å². The van der Waals surface area contributed by atoms with E-state index in [2.05, 4.69) is 10.6 Å². The Balaban J connectivity index is 0.00000169. The Morgan fingerprint density at radius 2 is 1.88 bits per heavy atom. The molecule has 0 bridgehead atoms. The molecule has 7 heteroatoms. The molecule has 3 heterocycles. The summed E-state index contributed by atoms with van der Waals surface area (Å²) in [6.07, 6.45) is 2.17. The summed E-state index contributed by atoms with van der Waals surface area (Å²) in [4.78, 5) is 27.4. The Morgan fingerprint density at radius 1 is 1.17 bits per heavy atom. The lowest BCUT2D eigenvalue weighted by molar-refractivity contribution is -0.113. The molecule has 2 amide bonds. The molecular weight excluding hydrogens is 346 g/mol. The summed E-state index contributed by atoms with van der Waals surface area (Å²) < 4.78 is 0. The molecule has 130 valence electrons. The van der Waals surface area contributed by atoms with Gasteiger partial charge >= 0.3 is 0 Å². The van der Waals surface area contributed by atoms with E-state index in [1.54, 1.807) is 0 Å². The van der Waals surface area contributed by atoms with Gasteiger partial charge in [-0.15, -0.1) is 24.2 Å². The molecule has 0 saturated carbocycles. The molecule has 0 radical (unpaired) electrons. The van der Waals surface area contributed by atoms with Gasteiger partial charge < -0.3 is 15.5 Å². The molecule has 24 heavy (non-hydrogen) atoms. The highest BCUT2D eigenvalue weighted by Gasteiger charge is 2.31. The second kappa shape index (κ2) is 7.33. The fourth-order valence-electron chi connectivity index (χ4n) is 3.82.